The SMILES string of the molecule is C=CCN(C#CC)C=O. The zero-order valence-electron chi connectivity index (χ0n) is 5.42. The van der Waals surface area contributed by atoms with E-state index >= 15 is 0 Å². The van der Waals surface area contributed by atoms with Gasteiger partial charge in [0, 0.05) is 6.04 Å². The Morgan fingerprint density at radius 3 is 2.78 bits per heavy atom. The smallest absolute Gasteiger partial charge is 0.221 e. The topological polar surface area (TPSA) is 20.3 Å². The van der Waals surface area contributed by atoms with Crippen LogP contribution >= 0.6 is 0 Å². The Kier molecular flexibility index (Phi) is 4.25. The van der Waals surface area contributed by atoms with Crippen molar-refractivity contribution in [2.24, 2.45) is 0 Å². The molecule has 0 aliphatic heterocycles. The molecule has 0 N–H and O–H groups in total. The molecule has 9 heavy (non-hydrogen) atoms. The van der Waals surface area contributed by atoms with E-state index in [9.17, 15) is 4.79 Å². The minimum absolute atomic E-state index is 0.490. The fourth-order valence-corrected chi connectivity index (χ4v) is 0.398. The molecule has 0 fully saturated rings. The van der Waals surface area contributed by atoms with Gasteiger partial charge in [0.15, 0.2) is 0 Å². The number of amides is 1. The van der Waals surface area contributed by atoms with Gasteiger partial charge in [0.2, 0.25) is 6.41 Å². The molecule has 0 aliphatic rings. The van der Waals surface area contributed by atoms with E-state index in [1.807, 2.05) is 0 Å². The van der Waals surface area contributed by atoms with E-state index in [0.717, 1.165) is 0 Å². The summed E-state index contributed by atoms with van der Waals surface area (Å²) < 4.78 is 0. The Morgan fingerprint density at radius 2 is 2.44 bits per heavy atom. The van der Waals surface area contributed by atoms with Crippen molar-refractivity contribution in [1.82, 2.24) is 4.90 Å². The summed E-state index contributed by atoms with van der Waals surface area (Å²) in [4.78, 5) is 11.4. The fourth-order valence-electron chi connectivity index (χ4n) is 0.398. The molecule has 0 saturated carbocycles. The van der Waals surface area contributed by atoms with Crippen molar-refractivity contribution in [3.05, 3.63) is 12.7 Å². The van der Waals surface area contributed by atoms with Crippen LogP contribution in [0.3, 0.4) is 0 Å². The number of carbonyl (C=O) groups excluding carboxylic acids is 1. The molecule has 0 aromatic rings. The lowest BCUT2D eigenvalue weighted by molar-refractivity contribution is -0.115. The van der Waals surface area contributed by atoms with Crippen molar-refractivity contribution >= 4 is 6.41 Å². The fraction of sp³-hybridized carbons (Fsp3) is 0.286. The molecule has 0 unspecified atom stereocenters. The van der Waals surface area contributed by atoms with Crippen molar-refractivity contribution < 1.29 is 4.79 Å². The Morgan fingerprint density at radius 1 is 1.78 bits per heavy atom. The summed E-state index contributed by atoms with van der Waals surface area (Å²) in [7, 11) is 0. The third kappa shape index (κ3) is 3.36. The molecule has 0 heterocycles. The summed E-state index contributed by atoms with van der Waals surface area (Å²) in [6, 6.07) is 2.58. The average Bonchev–Trinajstić information content (AvgIpc) is 1.88. The Labute approximate surface area is 55.2 Å². The van der Waals surface area contributed by atoms with Crippen molar-refractivity contribution in [1.29, 1.82) is 0 Å². The quantitative estimate of drug-likeness (QED) is 0.233. The molecule has 0 rings (SSSR count). The molecule has 0 aromatic carbocycles. The van der Waals surface area contributed by atoms with Crippen LogP contribution in [0.4, 0.5) is 0 Å². The molecule has 0 spiro atoms. The monoisotopic (exact) mass is 123 g/mol. The van der Waals surface area contributed by atoms with Crippen LogP contribution in [0.25, 0.3) is 0 Å². The van der Waals surface area contributed by atoms with Gasteiger partial charge in [0.1, 0.15) is 0 Å². The van der Waals surface area contributed by atoms with Gasteiger partial charge in [-0.15, -0.1) is 6.58 Å². The number of hydrogen-bond acceptors (Lipinski definition) is 1. The van der Waals surface area contributed by atoms with Gasteiger partial charge in [-0.3, -0.25) is 9.69 Å². The van der Waals surface area contributed by atoms with Gasteiger partial charge in [-0.2, -0.15) is 0 Å². The summed E-state index contributed by atoms with van der Waals surface area (Å²) in [5.41, 5.74) is 0. The van der Waals surface area contributed by atoms with Gasteiger partial charge in [-0.05, 0) is 6.92 Å². The molecular formula is C7H9NO. The average molecular weight is 123 g/mol. The van der Waals surface area contributed by atoms with Crippen LogP contribution in [0.15, 0.2) is 12.7 Å². The molecule has 2 nitrogen and oxygen atoms in total. The van der Waals surface area contributed by atoms with Crippen molar-refractivity contribution in [3.63, 3.8) is 0 Å². The molecule has 48 valence electrons. The number of rotatable bonds is 3. The summed E-state index contributed by atoms with van der Waals surface area (Å²) in [5, 5.41) is 0. The van der Waals surface area contributed by atoms with E-state index in [1.54, 1.807) is 13.0 Å². The van der Waals surface area contributed by atoms with Gasteiger partial charge in [-0.1, -0.05) is 12.0 Å². The molecule has 0 atom stereocenters. The standard InChI is InChI=1S/C7H9NO/c1-3-5-8(7-9)6-4-2/h3,7H,1,5H2,2H3. The van der Waals surface area contributed by atoms with E-state index < -0.39 is 0 Å². The Hall–Kier alpha value is -1.23. The summed E-state index contributed by atoms with van der Waals surface area (Å²) in [6.07, 6.45) is 2.30. The van der Waals surface area contributed by atoms with E-state index in [2.05, 4.69) is 18.5 Å². The second-order valence-electron chi connectivity index (χ2n) is 1.41. The van der Waals surface area contributed by atoms with Gasteiger partial charge < -0.3 is 0 Å². The largest absolute Gasteiger partial charge is 0.278 e. The Bertz CT molecular complexity index is 152. The first kappa shape index (κ1) is 7.77. The van der Waals surface area contributed by atoms with Crippen molar-refractivity contribution in [3.8, 4) is 12.0 Å². The highest BCUT2D eigenvalue weighted by Gasteiger charge is 1.87. The maximum atomic E-state index is 10.1. The molecule has 0 saturated heterocycles. The maximum absolute atomic E-state index is 10.1. The third-order valence-corrected chi connectivity index (χ3v) is 0.708. The molecule has 0 aliphatic carbocycles. The molecule has 2 heteroatoms. The predicted molar refractivity (Wildman–Crippen MR) is 36.4 cm³/mol. The molecule has 0 aromatic heterocycles. The minimum atomic E-state index is 0.490. The zero-order valence-corrected chi connectivity index (χ0v) is 5.42. The van der Waals surface area contributed by atoms with E-state index in [-0.39, 0.29) is 0 Å². The normalized spacial score (nSPS) is 6.78. The summed E-state index contributed by atoms with van der Waals surface area (Å²) in [6.45, 7) is 5.63. The van der Waals surface area contributed by atoms with E-state index in [0.29, 0.717) is 13.0 Å². The van der Waals surface area contributed by atoms with Gasteiger partial charge in [0.05, 0.1) is 6.54 Å². The van der Waals surface area contributed by atoms with Crippen LogP contribution in [0.2, 0.25) is 0 Å². The van der Waals surface area contributed by atoms with E-state index in [4.69, 9.17) is 0 Å². The lowest BCUT2D eigenvalue weighted by Crippen LogP contribution is -2.14. The lowest BCUT2D eigenvalue weighted by Gasteiger charge is -2.02. The van der Waals surface area contributed by atoms with Gasteiger partial charge in [-0.25, -0.2) is 0 Å². The highest BCUT2D eigenvalue weighted by atomic mass is 16.1. The third-order valence-electron chi connectivity index (χ3n) is 0.708. The van der Waals surface area contributed by atoms with Crippen LogP contribution in [-0.2, 0) is 4.79 Å². The minimum Gasteiger partial charge on any atom is -0.278 e. The zero-order chi connectivity index (χ0) is 7.11. The summed E-state index contributed by atoms with van der Waals surface area (Å²) in [5.74, 6) is 2.60. The first-order valence-corrected chi connectivity index (χ1v) is 2.60. The highest BCUT2D eigenvalue weighted by molar-refractivity contribution is 5.51. The lowest BCUT2D eigenvalue weighted by atomic mass is 10.6. The van der Waals surface area contributed by atoms with Crippen LogP contribution < -0.4 is 0 Å². The van der Waals surface area contributed by atoms with Gasteiger partial charge in [0.25, 0.3) is 0 Å². The summed E-state index contributed by atoms with van der Waals surface area (Å²) >= 11 is 0. The van der Waals surface area contributed by atoms with Crippen LogP contribution in [0, 0.1) is 12.0 Å². The Balaban J connectivity index is 3.76. The first-order chi connectivity index (χ1) is 4.35. The maximum Gasteiger partial charge on any atom is 0.221 e. The van der Waals surface area contributed by atoms with Gasteiger partial charge >= 0.3 is 0 Å². The molecule has 0 bridgehead atoms. The van der Waals surface area contributed by atoms with Crippen molar-refractivity contribution in [2.45, 2.75) is 6.92 Å². The van der Waals surface area contributed by atoms with Crippen LogP contribution in [0.1, 0.15) is 6.92 Å². The molecular weight excluding hydrogens is 114 g/mol. The number of hydrogen-bond donors (Lipinski definition) is 0. The second kappa shape index (κ2) is 4.92. The predicted octanol–water partition coefficient (Wildman–Crippen LogP) is 0.612. The highest BCUT2D eigenvalue weighted by Crippen LogP contribution is 1.77. The number of nitrogens with zero attached hydrogens (tertiary/aromatic N) is 1. The molecule has 0 radical (unpaired) electrons. The molecule has 1 amide bonds. The first-order valence-electron chi connectivity index (χ1n) is 2.60. The second-order valence-corrected chi connectivity index (χ2v) is 1.41. The number of carbonyl (C=O) groups is 1. The van der Waals surface area contributed by atoms with Crippen LogP contribution in [-0.4, -0.2) is 17.9 Å². The van der Waals surface area contributed by atoms with Crippen molar-refractivity contribution in [2.75, 3.05) is 6.54 Å². The van der Waals surface area contributed by atoms with Crippen LogP contribution in [0.5, 0.6) is 0 Å². The van der Waals surface area contributed by atoms with E-state index in [1.165, 1.54) is 4.90 Å².